The number of hydrogen-bond acceptors (Lipinski definition) is 4. The number of carbonyl (C=O) groups is 1. The first-order chi connectivity index (χ1) is 10.1. The first kappa shape index (κ1) is 21.3. The monoisotopic (exact) mass is 356 g/mol. The van der Waals surface area contributed by atoms with Crippen molar-refractivity contribution in [3.63, 3.8) is 0 Å². The average molecular weight is 357 g/mol. The summed E-state index contributed by atoms with van der Waals surface area (Å²) in [6.45, 7) is 1.90. The summed E-state index contributed by atoms with van der Waals surface area (Å²) in [6.07, 6.45) is -4.46. The van der Waals surface area contributed by atoms with Crippen molar-refractivity contribution in [1.29, 1.82) is 0 Å². The number of alkyl halides is 3. The van der Waals surface area contributed by atoms with Gasteiger partial charge in [-0.05, 0) is 19.1 Å². The molecule has 1 rings (SSSR count). The standard InChI is InChI=1S/C14H19F3N2O3.ClH/c1-8(9(2)18)13(20)19-10-4-5-11(21-3)12(6-10)22-7-14(15,16)17;/h4-6,8-9H,7,18H2,1-3H3,(H,19,20);1H. The molecule has 0 radical (unpaired) electrons. The number of halogens is 4. The van der Waals surface area contributed by atoms with E-state index in [2.05, 4.69) is 5.32 Å². The summed E-state index contributed by atoms with van der Waals surface area (Å²) >= 11 is 0. The molecule has 0 aliphatic heterocycles. The Bertz CT molecular complexity index is 524. The Morgan fingerprint density at radius 3 is 2.39 bits per heavy atom. The van der Waals surface area contributed by atoms with E-state index in [-0.39, 0.29) is 35.9 Å². The van der Waals surface area contributed by atoms with E-state index in [1.54, 1.807) is 13.8 Å². The van der Waals surface area contributed by atoms with Crippen molar-refractivity contribution in [2.24, 2.45) is 11.7 Å². The van der Waals surface area contributed by atoms with Gasteiger partial charge in [-0.2, -0.15) is 13.2 Å². The summed E-state index contributed by atoms with van der Waals surface area (Å²) in [4.78, 5) is 11.9. The number of ether oxygens (including phenoxy) is 2. The topological polar surface area (TPSA) is 73.6 Å². The highest BCUT2D eigenvalue weighted by Gasteiger charge is 2.29. The van der Waals surface area contributed by atoms with Gasteiger partial charge in [0.05, 0.1) is 13.0 Å². The lowest BCUT2D eigenvalue weighted by Gasteiger charge is -2.17. The molecular formula is C14H20ClF3N2O3. The molecule has 0 heterocycles. The lowest BCUT2D eigenvalue weighted by molar-refractivity contribution is -0.153. The SMILES string of the molecule is COc1ccc(NC(=O)C(C)C(C)N)cc1OCC(F)(F)F.Cl. The van der Waals surface area contributed by atoms with E-state index >= 15 is 0 Å². The molecule has 1 aromatic carbocycles. The maximum Gasteiger partial charge on any atom is 0.422 e. The first-order valence-electron chi connectivity index (χ1n) is 6.58. The molecule has 1 aromatic rings. The predicted molar refractivity (Wildman–Crippen MR) is 83.2 cm³/mol. The van der Waals surface area contributed by atoms with E-state index in [9.17, 15) is 18.0 Å². The molecule has 3 N–H and O–H groups in total. The third-order valence-electron chi connectivity index (χ3n) is 3.02. The van der Waals surface area contributed by atoms with Crippen LogP contribution in [-0.4, -0.2) is 31.8 Å². The molecule has 0 aliphatic rings. The average Bonchev–Trinajstić information content (AvgIpc) is 2.43. The maximum atomic E-state index is 12.2. The van der Waals surface area contributed by atoms with Gasteiger partial charge in [0.1, 0.15) is 0 Å². The second-order valence-electron chi connectivity index (χ2n) is 4.91. The highest BCUT2D eigenvalue weighted by atomic mass is 35.5. The molecular weight excluding hydrogens is 337 g/mol. The Hall–Kier alpha value is -1.67. The van der Waals surface area contributed by atoms with Crippen molar-refractivity contribution in [3.8, 4) is 11.5 Å². The number of anilines is 1. The number of benzene rings is 1. The molecule has 0 spiro atoms. The van der Waals surface area contributed by atoms with Gasteiger partial charge in [-0.25, -0.2) is 0 Å². The van der Waals surface area contributed by atoms with Crippen LogP contribution in [0, 0.1) is 5.92 Å². The van der Waals surface area contributed by atoms with Crippen molar-refractivity contribution in [1.82, 2.24) is 0 Å². The number of carbonyl (C=O) groups excluding carboxylic acids is 1. The number of nitrogens with two attached hydrogens (primary N) is 1. The van der Waals surface area contributed by atoms with Gasteiger partial charge in [0.15, 0.2) is 18.1 Å². The molecule has 1 amide bonds. The minimum absolute atomic E-state index is 0. The van der Waals surface area contributed by atoms with Gasteiger partial charge in [-0.3, -0.25) is 4.79 Å². The number of hydrogen-bond donors (Lipinski definition) is 2. The molecule has 0 bridgehead atoms. The second kappa shape index (κ2) is 8.83. The van der Waals surface area contributed by atoms with Gasteiger partial charge >= 0.3 is 6.18 Å². The van der Waals surface area contributed by atoms with Gasteiger partial charge in [0.25, 0.3) is 0 Å². The fourth-order valence-electron chi connectivity index (χ4n) is 1.52. The molecule has 0 aliphatic carbocycles. The molecule has 0 saturated carbocycles. The fourth-order valence-corrected chi connectivity index (χ4v) is 1.52. The third kappa shape index (κ3) is 6.96. The summed E-state index contributed by atoms with van der Waals surface area (Å²) in [5.41, 5.74) is 5.93. The summed E-state index contributed by atoms with van der Waals surface area (Å²) < 4.78 is 46.3. The molecule has 23 heavy (non-hydrogen) atoms. The van der Waals surface area contributed by atoms with Crippen molar-refractivity contribution in [3.05, 3.63) is 18.2 Å². The third-order valence-corrected chi connectivity index (χ3v) is 3.02. The summed E-state index contributed by atoms with van der Waals surface area (Å²) in [7, 11) is 1.31. The quantitative estimate of drug-likeness (QED) is 0.821. The van der Waals surface area contributed by atoms with E-state index in [1.807, 2.05) is 0 Å². The Morgan fingerprint density at radius 1 is 1.30 bits per heavy atom. The summed E-state index contributed by atoms with van der Waals surface area (Å²) in [6, 6.07) is 3.85. The van der Waals surface area contributed by atoms with Crippen LogP contribution in [-0.2, 0) is 4.79 Å². The summed E-state index contributed by atoms with van der Waals surface area (Å²) in [5.74, 6) is -0.739. The van der Waals surface area contributed by atoms with Crippen molar-refractivity contribution < 1.29 is 27.4 Å². The van der Waals surface area contributed by atoms with Crippen LogP contribution in [0.1, 0.15) is 13.8 Å². The van der Waals surface area contributed by atoms with Crippen LogP contribution in [0.15, 0.2) is 18.2 Å². The predicted octanol–water partition coefficient (Wildman–Crippen LogP) is 2.98. The largest absolute Gasteiger partial charge is 0.493 e. The highest BCUT2D eigenvalue weighted by Crippen LogP contribution is 2.31. The van der Waals surface area contributed by atoms with E-state index in [0.717, 1.165) is 0 Å². The molecule has 0 fully saturated rings. The Kier molecular flexibility index (Phi) is 8.19. The van der Waals surface area contributed by atoms with E-state index in [4.69, 9.17) is 15.2 Å². The fraction of sp³-hybridized carbons (Fsp3) is 0.500. The minimum Gasteiger partial charge on any atom is -0.493 e. The van der Waals surface area contributed by atoms with Crippen molar-refractivity contribution in [2.75, 3.05) is 19.0 Å². The van der Waals surface area contributed by atoms with Crippen LogP contribution in [0.25, 0.3) is 0 Å². The van der Waals surface area contributed by atoms with E-state index in [0.29, 0.717) is 5.69 Å². The van der Waals surface area contributed by atoms with Crippen LogP contribution < -0.4 is 20.5 Å². The number of rotatable bonds is 6. The summed E-state index contributed by atoms with van der Waals surface area (Å²) in [5, 5.41) is 2.58. The van der Waals surface area contributed by atoms with Gasteiger partial charge in [-0.15, -0.1) is 12.4 Å². The van der Waals surface area contributed by atoms with Gasteiger partial charge in [0, 0.05) is 17.8 Å². The Morgan fingerprint density at radius 2 is 1.91 bits per heavy atom. The van der Waals surface area contributed by atoms with Gasteiger partial charge in [0.2, 0.25) is 5.91 Å². The van der Waals surface area contributed by atoms with Crippen molar-refractivity contribution >= 4 is 24.0 Å². The van der Waals surface area contributed by atoms with Crippen LogP contribution in [0.4, 0.5) is 18.9 Å². The molecule has 2 atom stereocenters. The molecule has 9 heteroatoms. The number of nitrogens with one attached hydrogen (secondary N) is 1. The van der Waals surface area contributed by atoms with Gasteiger partial charge in [-0.1, -0.05) is 6.92 Å². The maximum absolute atomic E-state index is 12.2. The van der Waals surface area contributed by atoms with Crippen LogP contribution in [0.5, 0.6) is 11.5 Å². The highest BCUT2D eigenvalue weighted by molar-refractivity contribution is 5.93. The Labute approximate surface area is 138 Å². The first-order valence-corrected chi connectivity index (χ1v) is 6.58. The smallest absolute Gasteiger partial charge is 0.422 e. The molecule has 0 aromatic heterocycles. The van der Waals surface area contributed by atoms with Crippen molar-refractivity contribution in [2.45, 2.75) is 26.1 Å². The molecule has 5 nitrogen and oxygen atoms in total. The number of methoxy groups -OCH3 is 1. The zero-order valence-corrected chi connectivity index (χ0v) is 13.8. The normalized spacial score (nSPS) is 13.5. The lowest BCUT2D eigenvalue weighted by atomic mass is 10.0. The zero-order chi connectivity index (χ0) is 16.9. The van der Waals surface area contributed by atoms with E-state index < -0.39 is 18.7 Å². The lowest BCUT2D eigenvalue weighted by Crippen LogP contribution is -2.34. The minimum atomic E-state index is -4.46. The second-order valence-corrected chi connectivity index (χ2v) is 4.91. The van der Waals surface area contributed by atoms with Gasteiger partial charge < -0.3 is 20.5 Å². The molecule has 0 saturated heterocycles. The molecule has 132 valence electrons. The van der Waals surface area contributed by atoms with E-state index in [1.165, 1.54) is 25.3 Å². The van der Waals surface area contributed by atoms with Crippen LogP contribution in [0.2, 0.25) is 0 Å². The number of amides is 1. The van der Waals surface area contributed by atoms with Crippen LogP contribution >= 0.6 is 12.4 Å². The Balaban J connectivity index is 0.00000484. The molecule has 2 unspecified atom stereocenters. The van der Waals surface area contributed by atoms with Crippen LogP contribution in [0.3, 0.4) is 0 Å². The zero-order valence-electron chi connectivity index (χ0n) is 12.9.